The lowest BCUT2D eigenvalue weighted by Gasteiger charge is -2.15. The zero-order valence-corrected chi connectivity index (χ0v) is 11.0. The van der Waals surface area contributed by atoms with E-state index in [2.05, 4.69) is 17.5 Å². The van der Waals surface area contributed by atoms with E-state index in [1.807, 2.05) is 6.92 Å². The first-order valence-corrected chi connectivity index (χ1v) is 6.54. The molecular formula is C14H18N2O3. The van der Waals surface area contributed by atoms with Gasteiger partial charge in [-0.05, 0) is 31.4 Å². The number of rotatable bonds is 6. The van der Waals surface area contributed by atoms with Crippen LogP contribution in [0.1, 0.15) is 26.2 Å². The van der Waals surface area contributed by atoms with Crippen molar-refractivity contribution in [2.75, 3.05) is 11.9 Å². The van der Waals surface area contributed by atoms with Gasteiger partial charge in [-0.1, -0.05) is 25.1 Å². The second-order valence-electron chi connectivity index (χ2n) is 4.54. The van der Waals surface area contributed by atoms with Gasteiger partial charge in [0.05, 0.1) is 11.5 Å². The number of nitrogens with zero attached hydrogens (tertiary/aromatic N) is 1. The molecule has 1 aromatic rings. The number of benzene rings is 1. The van der Waals surface area contributed by atoms with Crippen molar-refractivity contribution in [3.05, 3.63) is 40.5 Å². The zero-order chi connectivity index (χ0) is 13.7. The lowest BCUT2D eigenvalue weighted by Crippen LogP contribution is -2.16. The van der Waals surface area contributed by atoms with Crippen LogP contribution in [0.3, 0.4) is 0 Å². The van der Waals surface area contributed by atoms with E-state index in [1.54, 1.807) is 18.2 Å². The van der Waals surface area contributed by atoms with Gasteiger partial charge >= 0.3 is 5.69 Å². The van der Waals surface area contributed by atoms with E-state index < -0.39 is 0 Å². The first-order chi connectivity index (χ1) is 9.22. The summed E-state index contributed by atoms with van der Waals surface area (Å²) in [5.41, 5.74) is 0.565. The molecule has 5 heteroatoms. The van der Waals surface area contributed by atoms with E-state index >= 15 is 0 Å². The number of para-hydroxylation sites is 1. The van der Waals surface area contributed by atoms with Crippen LogP contribution in [0.2, 0.25) is 0 Å². The van der Waals surface area contributed by atoms with Crippen LogP contribution >= 0.6 is 0 Å². The molecular weight excluding hydrogens is 244 g/mol. The fraction of sp³-hybridized carbons (Fsp3) is 0.429. The van der Waals surface area contributed by atoms with Crippen LogP contribution in [0.15, 0.2) is 30.4 Å². The van der Waals surface area contributed by atoms with E-state index in [4.69, 9.17) is 4.74 Å². The number of hydrogen-bond donors (Lipinski definition) is 1. The lowest BCUT2D eigenvalue weighted by atomic mass is 10.2. The molecule has 5 nitrogen and oxygen atoms in total. The van der Waals surface area contributed by atoms with Gasteiger partial charge in [0, 0.05) is 6.04 Å². The van der Waals surface area contributed by atoms with Gasteiger partial charge < -0.3 is 10.1 Å². The minimum Gasteiger partial charge on any atom is -0.487 e. The molecule has 102 valence electrons. The van der Waals surface area contributed by atoms with Crippen LogP contribution in [0.4, 0.5) is 11.4 Å². The van der Waals surface area contributed by atoms with Crippen LogP contribution < -0.4 is 10.1 Å². The first kappa shape index (κ1) is 13.4. The predicted molar refractivity (Wildman–Crippen MR) is 74.7 cm³/mol. The van der Waals surface area contributed by atoms with Crippen LogP contribution in [0, 0.1) is 10.1 Å². The summed E-state index contributed by atoms with van der Waals surface area (Å²) in [6, 6.07) is 5.39. The maximum absolute atomic E-state index is 11.2. The van der Waals surface area contributed by atoms with Crippen molar-refractivity contribution in [1.82, 2.24) is 0 Å². The third-order valence-corrected chi connectivity index (χ3v) is 3.01. The molecule has 1 N–H and O–H groups in total. The van der Waals surface area contributed by atoms with Crippen LogP contribution in [0.5, 0.6) is 5.75 Å². The Kier molecular flexibility index (Phi) is 4.39. The summed E-state index contributed by atoms with van der Waals surface area (Å²) in [4.78, 5) is 10.9. The Balaban J connectivity index is 2.22. The molecule has 2 rings (SSSR count). The molecule has 0 radical (unpaired) electrons. The molecule has 0 saturated heterocycles. The van der Waals surface area contributed by atoms with E-state index in [0.29, 0.717) is 18.0 Å². The zero-order valence-electron chi connectivity index (χ0n) is 11.0. The third kappa shape index (κ3) is 3.24. The molecule has 1 aromatic carbocycles. The number of hydrogen-bond acceptors (Lipinski definition) is 4. The Morgan fingerprint density at radius 3 is 2.79 bits per heavy atom. The summed E-state index contributed by atoms with van der Waals surface area (Å²) in [5, 5.41) is 14.5. The smallest absolute Gasteiger partial charge is 0.333 e. The maximum Gasteiger partial charge on any atom is 0.333 e. The van der Waals surface area contributed by atoms with Gasteiger partial charge in [0.25, 0.3) is 0 Å². The van der Waals surface area contributed by atoms with E-state index in [0.717, 1.165) is 19.3 Å². The molecule has 0 amide bonds. The van der Waals surface area contributed by atoms with Crippen LogP contribution in [0.25, 0.3) is 0 Å². The quantitative estimate of drug-likeness (QED) is 0.484. The van der Waals surface area contributed by atoms with Gasteiger partial charge in [0.2, 0.25) is 0 Å². The molecule has 0 atom stereocenters. The van der Waals surface area contributed by atoms with Gasteiger partial charge in [0.1, 0.15) is 5.69 Å². The molecule has 0 heterocycles. The Morgan fingerprint density at radius 1 is 1.42 bits per heavy atom. The maximum atomic E-state index is 11.2. The highest BCUT2D eigenvalue weighted by Crippen LogP contribution is 2.36. The van der Waals surface area contributed by atoms with Crippen molar-refractivity contribution in [3.63, 3.8) is 0 Å². The summed E-state index contributed by atoms with van der Waals surface area (Å²) in [6.45, 7) is 2.45. The summed E-state index contributed by atoms with van der Waals surface area (Å²) in [5.74, 6) is 0.336. The molecule has 0 aliphatic heterocycles. The average molecular weight is 262 g/mol. The molecule has 0 fully saturated rings. The number of nitro groups is 1. The second kappa shape index (κ2) is 6.22. The molecule has 1 aliphatic carbocycles. The summed E-state index contributed by atoms with van der Waals surface area (Å²) in [7, 11) is 0. The van der Waals surface area contributed by atoms with Crippen molar-refractivity contribution in [3.8, 4) is 5.75 Å². The van der Waals surface area contributed by atoms with E-state index in [-0.39, 0.29) is 16.7 Å². The molecule has 0 spiro atoms. The molecule has 0 aromatic heterocycles. The lowest BCUT2D eigenvalue weighted by molar-refractivity contribution is -0.385. The highest BCUT2D eigenvalue weighted by atomic mass is 16.6. The summed E-state index contributed by atoms with van der Waals surface area (Å²) < 4.78 is 5.46. The van der Waals surface area contributed by atoms with Gasteiger partial charge in [-0.2, -0.15) is 0 Å². The highest BCUT2D eigenvalue weighted by molar-refractivity contribution is 5.68. The van der Waals surface area contributed by atoms with Gasteiger partial charge in [0.15, 0.2) is 5.75 Å². The molecule has 1 aliphatic rings. The molecule has 0 saturated carbocycles. The van der Waals surface area contributed by atoms with Crippen LogP contribution in [-0.2, 0) is 0 Å². The topological polar surface area (TPSA) is 64.4 Å². The molecule has 19 heavy (non-hydrogen) atoms. The fourth-order valence-corrected chi connectivity index (χ4v) is 2.11. The average Bonchev–Trinajstić information content (AvgIpc) is 2.89. The number of ether oxygens (including phenoxy) is 1. The first-order valence-electron chi connectivity index (χ1n) is 6.54. The second-order valence-corrected chi connectivity index (χ2v) is 4.54. The van der Waals surface area contributed by atoms with Crippen molar-refractivity contribution >= 4 is 11.4 Å². The number of anilines is 1. The van der Waals surface area contributed by atoms with Crippen molar-refractivity contribution < 1.29 is 9.66 Å². The monoisotopic (exact) mass is 262 g/mol. The van der Waals surface area contributed by atoms with E-state index in [9.17, 15) is 10.1 Å². The Hall–Kier alpha value is -2.04. The Morgan fingerprint density at radius 2 is 2.16 bits per heavy atom. The van der Waals surface area contributed by atoms with Crippen molar-refractivity contribution in [2.45, 2.75) is 32.2 Å². The summed E-state index contributed by atoms with van der Waals surface area (Å²) in [6.07, 6.45) is 6.79. The van der Waals surface area contributed by atoms with Gasteiger partial charge in [-0.15, -0.1) is 0 Å². The highest BCUT2D eigenvalue weighted by Gasteiger charge is 2.23. The fourth-order valence-electron chi connectivity index (χ4n) is 2.11. The van der Waals surface area contributed by atoms with E-state index in [1.165, 1.54) is 0 Å². The standard InChI is InChI=1S/C14H18N2O3/c1-2-10-19-13-9-5-8-12(14(13)16(17)18)15-11-6-3-4-7-11/h3-5,8-9,11,15H,2,6-7,10H2,1H3. The largest absolute Gasteiger partial charge is 0.487 e. The molecule has 0 bridgehead atoms. The molecule has 0 unspecified atom stereocenters. The Labute approximate surface area is 112 Å². The minimum atomic E-state index is -0.379. The number of nitro benzene ring substituents is 1. The summed E-state index contributed by atoms with van der Waals surface area (Å²) >= 11 is 0. The SMILES string of the molecule is CCCOc1cccc(NC2CC=CC2)c1[N+](=O)[O-]. The number of nitrogens with one attached hydrogen (secondary N) is 1. The third-order valence-electron chi connectivity index (χ3n) is 3.01. The predicted octanol–water partition coefficient (Wildman–Crippen LogP) is 3.51. The van der Waals surface area contributed by atoms with Crippen molar-refractivity contribution in [1.29, 1.82) is 0 Å². The normalized spacial score (nSPS) is 14.6. The van der Waals surface area contributed by atoms with Crippen LogP contribution in [-0.4, -0.2) is 17.6 Å². The minimum absolute atomic E-state index is 0.0304. The van der Waals surface area contributed by atoms with Crippen molar-refractivity contribution in [2.24, 2.45) is 0 Å². The van der Waals surface area contributed by atoms with Gasteiger partial charge in [-0.25, -0.2) is 0 Å². The van der Waals surface area contributed by atoms with Gasteiger partial charge in [-0.3, -0.25) is 10.1 Å². The Bertz CT molecular complexity index is 478.